The average Bonchev–Trinajstić information content (AvgIpc) is 3.16. The molecule has 0 aliphatic carbocycles. The first-order chi connectivity index (χ1) is 14.4. The van der Waals surface area contributed by atoms with Gasteiger partial charge in [-0.3, -0.25) is 14.4 Å². The van der Waals surface area contributed by atoms with Crippen LogP contribution in [0.2, 0.25) is 0 Å². The second kappa shape index (κ2) is 9.80. The van der Waals surface area contributed by atoms with E-state index in [1.165, 1.54) is 30.1 Å². The molecule has 1 heterocycles. The zero-order valence-corrected chi connectivity index (χ0v) is 17.5. The lowest BCUT2D eigenvalue weighted by Gasteiger charge is -2.20. The molecule has 0 unspecified atom stereocenters. The van der Waals surface area contributed by atoms with E-state index in [-0.39, 0.29) is 24.3 Å². The Hall–Kier alpha value is -3.52. The first-order valence-electron chi connectivity index (χ1n) is 9.33. The number of rotatable bonds is 7. The van der Waals surface area contributed by atoms with Crippen molar-refractivity contribution in [3.05, 3.63) is 65.5 Å². The highest BCUT2D eigenvalue weighted by molar-refractivity contribution is 7.14. The number of carbonyl (C=O) groups excluding carboxylic acids is 3. The predicted octanol–water partition coefficient (Wildman–Crippen LogP) is 3.76. The van der Waals surface area contributed by atoms with E-state index < -0.39 is 0 Å². The molecule has 0 saturated heterocycles. The molecule has 3 aromatic rings. The molecule has 30 heavy (non-hydrogen) atoms. The Kier molecular flexibility index (Phi) is 6.92. The number of thiazole rings is 1. The van der Waals surface area contributed by atoms with E-state index in [1.54, 1.807) is 12.1 Å². The van der Waals surface area contributed by atoms with Crippen molar-refractivity contribution < 1.29 is 14.4 Å². The number of hydrogen-bond donors (Lipinski definition) is 2. The normalized spacial score (nSPS) is 10.3. The van der Waals surface area contributed by atoms with Gasteiger partial charge in [0.15, 0.2) is 5.13 Å². The van der Waals surface area contributed by atoms with Crippen molar-refractivity contribution in [3.63, 3.8) is 0 Å². The number of carbonyl (C=O) groups is 3. The largest absolute Gasteiger partial charge is 0.329 e. The fourth-order valence-electron chi connectivity index (χ4n) is 2.79. The molecule has 7 nitrogen and oxygen atoms in total. The lowest BCUT2D eigenvalue weighted by molar-refractivity contribution is -0.133. The van der Waals surface area contributed by atoms with Gasteiger partial charge < -0.3 is 15.5 Å². The van der Waals surface area contributed by atoms with Gasteiger partial charge in [-0.1, -0.05) is 42.5 Å². The van der Waals surface area contributed by atoms with E-state index in [1.807, 2.05) is 47.8 Å². The molecule has 3 rings (SSSR count). The van der Waals surface area contributed by atoms with Gasteiger partial charge in [0, 0.05) is 37.0 Å². The molecule has 1 aromatic heterocycles. The Morgan fingerprint density at radius 2 is 1.67 bits per heavy atom. The zero-order valence-electron chi connectivity index (χ0n) is 16.7. The van der Waals surface area contributed by atoms with E-state index in [0.717, 1.165) is 16.8 Å². The molecular formula is C22H22N4O3S. The quantitative estimate of drug-likeness (QED) is 0.607. The van der Waals surface area contributed by atoms with Crippen LogP contribution in [0.5, 0.6) is 0 Å². The van der Waals surface area contributed by atoms with Crippen LogP contribution in [-0.2, 0) is 20.9 Å². The van der Waals surface area contributed by atoms with Crippen LogP contribution in [0.25, 0.3) is 11.3 Å². The van der Waals surface area contributed by atoms with Gasteiger partial charge in [0.1, 0.15) is 6.54 Å². The number of anilines is 2. The molecule has 0 spiro atoms. The molecule has 2 N–H and O–H groups in total. The van der Waals surface area contributed by atoms with Crippen LogP contribution >= 0.6 is 11.3 Å². The molecule has 154 valence electrons. The summed E-state index contributed by atoms with van der Waals surface area (Å²) in [7, 11) is 0. The third kappa shape index (κ3) is 5.99. The van der Waals surface area contributed by atoms with Crippen molar-refractivity contribution >= 4 is 39.9 Å². The Morgan fingerprint density at radius 1 is 0.967 bits per heavy atom. The van der Waals surface area contributed by atoms with Crippen molar-refractivity contribution in [2.45, 2.75) is 20.4 Å². The van der Waals surface area contributed by atoms with E-state index in [9.17, 15) is 14.4 Å². The predicted molar refractivity (Wildman–Crippen MR) is 118 cm³/mol. The Labute approximate surface area is 178 Å². The van der Waals surface area contributed by atoms with Gasteiger partial charge in [0.25, 0.3) is 0 Å². The highest BCUT2D eigenvalue weighted by Gasteiger charge is 2.14. The van der Waals surface area contributed by atoms with E-state index in [4.69, 9.17) is 0 Å². The molecule has 8 heteroatoms. The van der Waals surface area contributed by atoms with Crippen LogP contribution < -0.4 is 10.6 Å². The molecule has 2 aromatic carbocycles. The van der Waals surface area contributed by atoms with Gasteiger partial charge in [-0.25, -0.2) is 4.98 Å². The van der Waals surface area contributed by atoms with Crippen molar-refractivity contribution in [2.24, 2.45) is 0 Å². The highest BCUT2D eigenvalue weighted by atomic mass is 32.1. The van der Waals surface area contributed by atoms with Crippen molar-refractivity contribution in [3.8, 4) is 11.3 Å². The fourth-order valence-corrected chi connectivity index (χ4v) is 3.56. The average molecular weight is 423 g/mol. The number of aromatic nitrogens is 1. The lowest BCUT2D eigenvalue weighted by Crippen LogP contribution is -2.36. The molecule has 0 atom stereocenters. The van der Waals surface area contributed by atoms with Crippen LogP contribution in [0.3, 0.4) is 0 Å². The van der Waals surface area contributed by atoms with Gasteiger partial charge in [0.2, 0.25) is 17.7 Å². The fraction of sp³-hybridized carbons (Fsp3) is 0.182. The lowest BCUT2D eigenvalue weighted by atomic mass is 10.1. The first-order valence-corrected chi connectivity index (χ1v) is 10.2. The molecule has 0 aliphatic rings. The van der Waals surface area contributed by atoms with Gasteiger partial charge in [-0.2, -0.15) is 0 Å². The van der Waals surface area contributed by atoms with Gasteiger partial charge in [-0.15, -0.1) is 11.3 Å². The third-order valence-corrected chi connectivity index (χ3v) is 5.01. The minimum absolute atomic E-state index is 0.0296. The van der Waals surface area contributed by atoms with E-state index in [2.05, 4.69) is 15.6 Å². The number of amides is 3. The first kappa shape index (κ1) is 21.2. The molecule has 0 aliphatic heterocycles. The van der Waals surface area contributed by atoms with Crippen LogP contribution in [0.1, 0.15) is 19.4 Å². The third-order valence-electron chi connectivity index (χ3n) is 4.25. The molecule has 3 amide bonds. The maximum Gasteiger partial charge on any atom is 0.244 e. The SMILES string of the molecule is CC(=O)Nc1nc(-c2ccc(NC(=O)CN(Cc3ccccc3)C(C)=O)cc2)cs1. The molecular weight excluding hydrogens is 400 g/mol. The van der Waals surface area contributed by atoms with Crippen LogP contribution in [0.15, 0.2) is 60.0 Å². The van der Waals surface area contributed by atoms with Crippen LogP contribution in [0.4, 0.5) is 10.8 Å². The molecule has 0 radical (unpaired) electrons. The summed E-state index contributed by atoms with van der Waals surface area (Å²) in [6.07, 6.45) is 0. The van der Waals surface area contributed by atoms with Crippen LogP contribution in [0, 0.1) is 0 Å². The monoisotopic (exact) mass is 422 g/mol. The van der Waals surface area contributed by atoms with Crippen molar-refractivity contribution in [1.29, 1.82) is 0 Å². The maximum absolute atomic E-state index is 12.4. The minimum Gasteiger partial charge on any atom is -0.329 e. The summed E-state index contributed by atoms with van der Waals surface area (Å²) in [5.41, 5.74) is 3.21. The Balaban J connectivity index is 1.60. The molecule has 0 fully saturated rings. The van der Waals surface area contributed by atoms with E-state index in [0.29, 0.717) is 17.4 Å². The van der Waals surface area contributed by atoms with Crippen molar-refractivity contribution in [1.82, 2.24) is 9.88 Å². The van der Waals surface area contributed by atoms with Crippen LogP contribution in [-0.4, -0.2) is 34.2 Å². The zero-order chi connectivity index (χ0) is 21.5. The maximum atomic E-state index is 12.4. The molecule has 0 saturated carbocycles. The number of benzene rings is 2. The number of nitrogens with one attached hydrogen (secondary N) is 2. The second-order valence-electron chi connectivity index (χ2n) is 6.71. The molecule has 0 bridgehead atoms. The summed E-state index contributed by atoms with van der Waals surface area (Å²) in [4.78, 5) is 41.3. The summed E-state index contributed by atoms with van der Waals surface area (Å²) in [6, 6.07) is 16.8. The number of nitrogens with zero attached hydrogens (tertiary/aromatic N) is 2. The smallest absolute Gasteiger partial charge is 0.244 e. The van der Waals surface area contributed by atoms with E-state index >= 15 is 0 Å². The highest BCUT2D eigenvalue weighted by Crippen LogP contribution is 2.26. The Morgan fingerprint density at radius 3 is 2.30 bits per heavy atom. The Bertz CT molecular complexity index is 1030. The van der Waals surface area contributed by atoms with Gasteiger partial charge in [0.05, 0.1) is 5.69 Å². The topological polar surface area (TPSA) is 91.4 Å². The standard InChI is InChI=1S/C22H22N4O3S/c1-15(27)23-22-25-20(14-30-22)18-8-10-19(11-9-18)24-21(29)13-26(16(2)28)12-17-6-4-3-5-7-17/h3-11,14H,12-13H2,1-2H3,(H,24,29)(H,23,25,27). The second-order valence-corrected chi connectivity index (χ2v) is 7.56. The summed E-state index contributed by atoms with van der Waals surface area (Å²) in [5, 5.41) is 7.87. The number of hydrogen-bond acceptors (Lipinski definition) is 5. The minimum atomic E-state index is -0.268. The van der Waals surface area contributed by atoms with Crippen molar-refractivity contribution in [2.75, 3.05) is 17.2 Å². The summed E-state index contributed by atoms with van der Waals surface area (Å²) in [6.45, 7) is 3.24. The van der Waals surface area contributed by atoms with Gasteiger partial charge in [-0.05, 0) is 17.7 Å². The summed E-state index contributed by atoms with van der Waals surface area (Å²) >= 11 is 1.35. The summed E-state index contributed by atoms with van der Waals surface area (Å²) in [5.74, 6) is -0.598. The summed E-state index contributed by atoms with van der Waals surface area (Å²) < 4.78 is 0. The van der Waals surface area contributed by atoms with Gasteiger partial charge >= 0.3 is 0 Å².